The first-order valence-electron chi connectivity index (χ1n) is 10.4. The Hall–Kier alpha value is -2.35. The molecule has 1 aliphatic heterocycles. The monoisotopic (exact) mass is 458 g/mol. The van der Waals surface area contributed by atoms with E-state index in [0.717, 1.165) is 10.6 Å². The number of ether oxygens (including phenoxy) is 1. The van der Waals surface area contributed by atoms with Gasteiger partial charge in [-0.1, -0.05) is 0 Å². The number of phenols is 1. The molecule has 8 heteroatoms. The molecule has 32 heavy (non-hydrogen) atoms. The molecule has 0 amide bonds. The van der Waals surface area contributed by atoms with Gasteiger partial charge in [-0.25, -0.2) is 0 Å². The van der Waals surface area contributed by atoms with E-state index in [9.17, 15) is 25.5 Å². The number of aromatic hydroxyl groups is 1. The van der Waals surface area contributed by atoms with Crippen molar-refractivity contribution in [2.75, 3.05) is 6.61 Å². The zero-order chi connectivity index (χ0) is 22.7. The van der Waals surface area contributed by atoms with Crippen LogP contribution in [0.1, 0.15) is 0 Å². The molecule has 1 heterocycles. The molecule has 0 aliphatic carbocycles. The second-order valence-corrected chi connectivity index (χ2v) is 11.0. The molecule has 3 aromatic rings. The number of phenolic OH excluding ortho intramolecular Hbond substituents is 1. The number of hydrogen-bond acceptors (Lipinski definition) is 7. The first-order valence-corrected chi connectivity index (χ1v) is 12.3. The maximum absolute atomic E-state index is 10.9. The Bertz CT molecular complexity index is 976. The Balaban J connectivity index is 1.92. The van der Waals surface area contributed by atoms with E-state index in [1.165, 1.54) is 0 Å². The van der Waals surface area contributed by atoms with E-state index in [2.05, 4.69) is 0 Å². The van der Waals surface area contributed by atoms with Crippen LogP contribution in [0.4, 0.5) is 0 Å². The number of hydrogen-bond donors (Lipinski definition) is 5. The number of aliphatic hydroxyl groups excluding tert-OH is 4. The zero-order valence-electron chi connectivity index (χ0n) is 17.2. The van der Waals surface area contributed by atoms with Crippen molar-refractivity contribution >= 4 is 23.4 Å². The van der Waals surface area contributed by atoms with Gasteiger partial charge in [-0.3, -0.25) is 0 Å². The number of rotatable bonds is 6. The van der Waals surface area contributed by atoms with Crippen molar-refractivity contribution in [1.82, 2.24) is 0 Å². The van der Waals surface area contributed by atoms with Crippen LogP contribution in [-0.2, 0) is 9.26 Å². The minimum atomic E-state index is -3.50. The average Bonchev–Trinajstić information content (AvgIpc) is 2.84. The van der Waals surface area contributed by atoms with E-state index in [4.69, 9.17) is 9.26 Å². The molecule has 0 aromatic heterocycles. The second-order valence-electron chi connectivity index (χ2n) is 7.75. The fraction of sp³-hybridized carbons (Fsp3) is 0.250. The molecule has 7 nitrogen and oxygen atoms in total. The fourth-order valence-electron chi connectivity index (χ4n) is 4.13. The van der Waals surface area contributed by atoms with Gasteiger partial charge >= 0.3 is 186 Å². The van der Waals surface area contributed by atoms with Crippen molar-refractivity contribution in [3.63, 3.8) is 0 Å². The van der Waals surface area contributed by atoms with Gasteiger partial charge in [0.1, 0.15) is 0 Å². The molecule has 5 atom stereocenters. The topological polar surface area (TPSA) is 120 Å². The van der Waals surface area contributed by atoms with Crippen molar-refractivity contribution in [2.45, 2.75) is 30.7 Å². The van der Waals surface area contributed by atoms with Gasteiger partial charge in [0, 0.05) is 0 Å². The van der Waals surface area contributed by atoms with Crippen molar-refractivity contribution in [3.05, 3.63) is 84.9 Å². The van der Waals surface area contributed by atoms with E-state index in [1.54, 1.807) is 24.3 Å². The molecule has 5 N–H and O–H groups in total. The van der Waals surface area contributed by atoms with Crippen LogP contribution in [-0.4, -0.2) is 62.8 Å². The van der Waals surface area contributed by atoms with E-state index in [0.29, 0.717) is 5.30 Å². The molecule has 0 bridgehead atoms. The van der Waals surface area contributed by atoms with E-state index in [1.807, 2.05) is 60.7 Å². The second kappa shape index (κ2) is 9.65. The molecule has 0 spiro atoms. The summed E-state index contributed by atoms with van der Waals surface area (Å²) in [4.78, 5) is 0. The predicted octanol–water partition coefficient (Wildman–Crippen LogP) is 0.150. The summed E-state index contributed by atoms with van der Waals surface area (Å²) in [7, 11) is -3.50. The summed E-state index contributed by atoms with van der Waals surface area (Å²) in [6.07, 6.45) is -7.12. The molecule has 1 fully saturated rings. The van der Waals surface area contributed by atoms with Gasteiger partial charge in [-0.15, -0.1) is 0 Å². The Morgan fingerprint density at radius 3 is 1.78 bits per heavy atom. The fourth-order valence-corrected chi connectivity index (χ4v) is 8.13. The summed E-state index contributed by atoms with van der Waals surface area (Å²) in [5.74, 6) is 0.0245. The van der Waals surface area contributed by atoms with Crippen molar-refractivity contribution in [2.24, 2.45) is 0 Å². The van der Waals surface area contributed by atoms with E-state index >= 15 is 0 Å². The van der Waals surface area contributed by atoms with Crippen molar-refractivity contribution in [3.8, 4) is 5.75 Å². The summed E-state index contributed by atoms with van der Waals surface area (Å²) in [6, 6.07) is 25.5. The molecule has 4 rings (SSSR count). The molecule has 170 valence electrons. The third-order valence-corrected chi connectivity index (χ3v) is 9.85. The normalized spacial score (nSPS) is 26.6. The van der Waals surface area contributed by atoms with Crippen LogP contribution in [0.25, 0.3) is 0 Å². The van der Waals surface area contributed by atoms with Crippen LogP contribution in [0.5, 0.6) is 5.75 Å². The summed E-state index contributed by atoms with van der Waals surface area (Å²) in [6.45, 7) is -0.563. The Morgan fingerprint density at radius 2 is 1.25 bits per heavy atom. The average molecular weight is 458 g/mol. The third-order valence-electron chi connectivity index (χ3n) is 5.79. The Morgan fingerprint density at radius 1 is 0.719 bits per heavy atom. The Kier molecular flexibility index (Phi) is 6.88. The van der Waals surface area contributed by atoms with Crippen LogP contribution >= 0.6 is 7.49 Å². The summed E-state index contributed by atoms with van der Waals surface area (Å²) >= 11 is 0. The van der Waals surface area contributed by atoms with Gasteiger partial charge in [0.2, 0.25) is 0 Å². The molecule has 1 aliphatic rings. The summed E-state index contributed by atoms with van der Waals surface area (Å²) in [5, 5.41) is 53.8. The molecule has 0 unspecified atom stereocenters. The quantitative estimate of drug-likeness (QED) is 0.334. The maximum atomic E-state index is 10.9. The van der Waals surface area contributed by atoms with E-state index in [-0.39, 0.29) is 5.75 Å². The third kappa shape index (κ3) is 4.05. The number of aliphatic hydroxyl groups is 4. The molecular formula is C24H27O7P. The molecule has 0 saturated carbocycles. The molecule has 3 aromatic carbocycles. The van der Waals surface area contributed by atoms with Crippen molar-refractivity contribution < 1.29 is 34.8 Å². The minimum absolute atomic E-state index is 0.0245. The van der Waals surface area contributed by atoms with Gasteiger partial charge in [0.15, 0.2) is 0 Å². The van der Waals surface area contributed by atoms with Gasteiger partial charge in [0.05, 0.1) is 0 Å². The standard InChI is InChI=1S/C24H27O7P/c25-15-19-21(27)22(28)23(29)24(30-19)31-32(16-9-3-1-4-10-16,17-11-5-2-6-12-17)20-14-8-7-13-18(20)26/h1-14,19,21-29,32H,15H2/t19-,21-,22+,23-,24-/m1/s1. The van der Waals surface area contributed by atoms with Gasteiger partial charge in [0.25, 0.3) is 0 Å². The summed E-state index contributed by atoms with van der Waals surface area (Å²) in [5.41, 5.74) is 0. The van der Waals surface area contributed by atoms with Gasteiger partial charge < -0.3 is 0 Å². The SMILES string of the molecule is OC[C@H]1O[C@H](O[PH](c2ccccc2)(c2ccccc2)c2ccccc2O)[C@H](O)[C@@H](O)[C@@H]1O. The number of benzene rings is 3. The predicted molar refractivity (Wildman–Crippen MR) is 123 cm³/mol. The van der Waals surface area contributed by atoms with Gasteiger partial charge in [-0.2, -0.15) is 0 Å². The first-order chi connectivity index (χ1) is 15.5. The molecule has 0 radical (unpaired) electrons. The van der Waals surface area contributed by atoms with Crippen molar-refractivity contribution in [1.29, 1.82) is 0 Å². The first kappa shape index (κ1) is 22.8. The zero-order valence-corrected chi connectivity index (χ0v) is 18.2. The molecule has 1 saturated heterocycles. The van der Waals surface area contributed by atoms with Crippen LogP contribution < -0.4 is 15.9 Å². The van der Waals surface area contributed by atoms with E-state index < -0.39 is 44.8 Å². The van der Waals surface area contributed by atoms with Gasteiger partial charge in [-0.05, 0) is 0 Å². The summed E-state index contributed by atoms with van der Waals surface area (Å²) < 4.78 is 12.3. The number of para-hydroxylation sites is 1. The van der Waals surface area contributed by atoms with Crippen LogP contribution in [0.15, 0.2) is 84.9 Å². The Labute approximate surface area is 186 Å². The molecular weight excluding hydrogens is 431 g/mol. The van der Waals surface area contributed by atoms with Crippen LogP contribution in [0.2, 0.25) is 0 Å². The van der Waals surface area contributed by atoms with Crippen LogP contribution in [0, 0.1) is 0 Å². The van der Waals surface area contributed by atoms with Crippen LogP contribution in [0.3, 0.4) is 0 Å².